The summed E-state index contributed by atoms with van der Waals surface area (Å²) in [6.07, 6.45) is 4.42. The van der Waals surface area contributed by atoms with Gasteiger partial charge in [-0.2, -0.15) is 5.26 Å². The Hall–Kier alpha value is -4.29. The number of nitriles is 1. The lowest BCUT2D eigenvalue weighted by Gasteiger charge is -2.15. The molecule has 0 bridgehead atoms. The molecule has 7 rings (SSSR count). The molecule has 1 aliphatic rings. The Bertz CT molecular complexity index is 1720. The molecule has 0 aliphatic heterocycles. The molecule has 0 fully saturated rings. The summed E-state index contributed by atoms with van der Waals surface area (Å²) in [6.45, 7) is 0. The second-order valence-electron chi connectivity index (χ2n) is 9.07. The summed E-state index contributed by atoms with van der Waals surface area (Å²) in [6, 6.07) is 31.8. The minimum Gasteiger partial charge on any atom is -0.460 e. The number of fused-ring (bicyclic) bond motifs is 6. The molecule has 162 valence electrons. The molecule has 3 heteroatoms. The van der Waals surface area contributed by atoms with Crippen molar-refractivity contribution in [2.45, 2.75) is 25.7 Å². The predicted octanol–water partition coefficient (Wildman–Crippen LogP) is 7.95. The fourth-order valence-electron chi connectivity index (χ4n) is 5.76. The van der Waals surface area contributed by atoms with Crippen LogP contribution in [-0.2, 0) is 12.8 Å². The van der Waals surface area contributed by atoms with E-state index >= 15 is 0 Å². The average Bonchev–Trinajstić information content (AvgIpc) is 3.44. The van der Waals surface area contributed by atoms with Crippen LogP contribution in [0.15, 0.2) is 89.3 Å². The normalized spacial score (nSPS) is 13.4. The molecule has 1 aliphatic carbocycles. The molecule has 0 atom stereocenters. The van der Waals surface area contributed by atoms with Gasteiger partial charge in [0.15, 0.2) is 0 Å². The molecule has 0 saturated carbocycles. The first-order valence-corrected chi connectivity index (χ1v) is 11.9. The third-order valence-electron chi connectivity index (χ3n) is 7.24. The molecule has 0 unspecified atom stereocenters. The van der Waals surface area contributed by atoms with Crippen LogP contribution in [0.4, 0.5) is 0 Å². The number of aryl methyl sites for hydroxylation is 2. The molecule has 0 saturated heterocycles. The highest BCUT2D eigenvalue weighted by atomic mass is 16.3. The fourth-order valence-corrected chi connectivity index (χ4v) is 5.76. The maximum atomic E-state index is 10.2. The third-order valence-corrected chi connectivity index (χ3v) is 7.24. The average molecular weight is 439 g/mol. The van der Waals surface area contributed by atoms with Gasteiger partial charge in [-0.15, -0.1) is 0 Å². The second-order valence-corrected chi connectivity index (χ2v) is 9.07. The van der Waals surface area contributed by atoms with Gasteiger partial charge in [0, 0.05) is 39.3 Å². The van der Waals surface area contributed by atoms with E-state index in [2.05, 4.69) is 83.4 Å². The molecule has 2 heterocycles. The van der Waals surface area contributed by atoms with Crippen molar-refractivity contribution < 1.29 is 4.42 Å². The summed E-state index contributed by atoms with van der Waals surface area (Å²) in [4.78, 5) is 0. The molecule has 0 N–H and O–H groups in total. The molecular formula is C31H22N2O. The number of hydrogen-bond donors (Lipinski definition) is 0. The molecule has 0 spiro atoms. The molecule has 6 aromatic rings. The summed E-state index contributed by atoms with van der Waals surface area (Å²) < 4.78 is 8.80. The van der Waals surface area contributed by atoms with Crippen molar-refractivity contribution in [3.05, 3.63) is 102 Å². The summed E-state index contributed by atoms with van der Waals surface area (Å²) in [5.41, 5.74) is 8.07. The largest absolute Gasteiger partial charge is 0.460 e. The topological polar surface area (TPSA) is 41.9 Å². The van der Waals surface area contributed by atoms with Crippen LogP contribution in [0.3, 0.4) is 0 Å². The first-order valence-electron chi connectivity index (χ1n) is 11.9. The van der Waals surface area contributed by atoms with E-state index in [0.29, 0.717) is 5.56 Å². The predicted molar refractivity (Wildman–Crippen MR) is 137 cm³/mol. The Morgan fingerprint density at radius 1 is 0.706 bits per heavy atom. The summed E-state index contributed by atoms with van der Waals surface area (Å²) in [7, 11) is 0. The van der Waals surface area contributed by atoms with Crippen LogP contribution in [0.5, 0.6) is 0 Å². The van der Waals surface area contributed by atoms with Crippen molar-refractivity contribution in [3.63, 3.8) is 0 Å². The standard InChI is InChI=1S/C31H22N2O/c32-19-20-9-7-17-28(33-26-15-4-1-10-21(26)22-11-2-5-16-27(22)33)30(20)25-14-8-13-24-23-12-3-6-18-29(23)34-31(24)25/h1-2,4-5,7-11,13-17H,3,6,12,18H2. The van der Waals surface area contributed by atoms with Crippen LogP contribution in [0.1, 0.15) is 29.7 Å². The van der Waals surface area contributed by atoms with Crippen LogP contribution >= 0.6 is 0 Å². The Morgan fingerprint density at radius 2 is 1.38 bits per heavy atom. The van der Waals surface area contributed by atoms with Gasteiger partial charge in [0.05, 0.1) is 28.4 Å². The highest BCUT2D eigenvalue weighted by molar-refractivity contribution is 6.10. The van der Waals surface area contributed by atoms with E-state index in [1.54, 1.807) is 0 Å². The van der Waals surface area contributed by atoms with Crippen LogP contribution < -0.4 is 0 Å². The van der Waals surface area contributed by atoms with Crippen molar-refractivity contribution >= 4 is 32.8 Å². The highest BCUT2D eigenvalue weighted by Crippen LogP contribution is 2.42. The SMILES string of the molecule is N#Cc1cccc(-n2c3ccccc3c3ccccc32)c1-c1cccc2c3c(oc12)CCCC3. The molecule has 0 amide bonds. The number of furan rings is 1. The van der Waals surface area contributed by atoms with Gasteiger partial charge in [-0.25, -0.2) is 0 Å². The van der Waals surface area contributed by atoms with E-state index in [9.17, 15) is 5.26 Å². The van der Waals surface area contributed by atoms with Gasteiger partial charge in [0.2, 0.25) is 0 Å². The smallest absolute Gasteiger partial charge is 0.142 e. The van der Waals surface area contributed by atoms with Crippen molar-refractivity contribution in [2.24, 2.45) is 0 Å². The van der Waals surface area contributed by atoms with Gasteiger partial charge >= 0.3 is 0 Å². The van der Waals surface area contributed by atoms with Gasteiger partial charge < -0.3 is 8.98 Å². The zero-order valence-corrected chi connectivity index (χ0v) is 18.7. The van der Waals surface area contributed by atoms with Gasteiger partial charge in [-0.05, 0) is 43.5 Å². The van der Waals surface area contributed by atoms with Gasteiger partial charge in [-0.3, -0.25) is 0 Å². The zero-order valence-electron chi connectivity index (χ0n) is 18.7. The van der Waals surface area contributed by atoms with Crippen LogP contribution in [0.2, 0.25) is 0 Å². The molecule has 4 aromatic carbocycles. The summed E-state index contributed by atoms with van der Waals surface area (Å²) >= 11 is 0. The van der Waals surface area contributed by atoms with Gasteiger partial charge in [0.1, 0.15) is 11.3 Å². The molecule has 0 radical (unpaired) electrons. The Balaban J connectivity index is 1.61. The Morgan fingerprint density at radius 3 is 2.15 bits per heavy atom. The first-order chi connectivity index (χ1) is 16.8. The number of aromatic nitrogens is 1. The molecule has 34 heavy (non-hydrogen) atoms. The van der Waals surface area contributed by atoms with Gasteiger partial charge in [0.25, 0.3) is 0 Å². The van der Waals surface area contributed by atoms with Gasteiger partial charge in [-0.1, -0.05) is 60.7 Å². The monoisotopic (exact) mass is 438 g/mol. The van der Waals surface area contributed by atoms with E-state index in [4.69, 9.17) is 4.42 Å². The quantitative estimate of drug-likeness (QED) is 0.275. The fraction of sp³-hybridized carbons (Fsp3) is 0.129. The minimum absolute atomic E-state index is 0.654. The lowest BCUT2D eigenvalue weighted by Crippen LogP contribution is -1.99. The third kappa shape index (κ3) is 2.63. The molecule has 2 aromatic heterocycles. The van der Waals surface area contributed by atoms with Crippen LogP contribution in [-0.4, -0.2) is 4.57 Å². The second kappa shape index (κ2) is 7.37. The number of rotatable bonds is 2. The number of hydrogen-bond acceptors (Lipinski definition) is 2. The molecular weight excluding hydrogens is 416 g/mol. The van der Waals surface area contributed by atoms with E-state index in [1.165, 1.54) is 34.6 Å². The number of para-hydroxylation sites is 3. The lowest BCUT2D eigenvalue weighted by molar-refractivity contribution is 0.506. The maximum absolute atomic E-state index is 10.2. The maximum Gasteiger partial charge on any atom is 0.142 e. The molecule has 3 nitrogen and oxygen atoms in total. The van der Waals surface area contributed by atoms with Crippen LogP contribution in [0.25, 0.3) is 49.6 Å². The van der Waals surface area contributed by atoms with Crippen molar-refractivity contribution in [1.29, 1.82) is 5.26 Å². The van der Waals surface area contributed by atoms with E-state index in [-0.39, 0.29) is 0 Å². The van der Waals surface area contributed by atoms with Crippen molar-refractivity contribution in [3.8, 4) is 22.9 Å². The summed E-state index contributed by atoms with van der Waals surface area (Å²) in [5, 5.41) is 13.8. The summed E-state index contributed by atoms with van der Waals surface area (Å²) in [5.74, 6) is 1.11. The lowest BCUT2D eigenvalue weighted by atomic mass is 9.93. The van der Waals surface area contributed by atoms with Crippen molar-refractivity contribution in [2.75, 3.05) is 0 Å². The van der Waals surface area contributed by atoms with E-state index < -0.39 is 0 Å². The number of nitrogens with zero attached hydrogens (tertiary/aromatic N) is 2. The number of benzene rings is 4. The highest BCUT2D eigenvalue weighted by Gasteiger charge is 2.23. The minimum atomic E-state index is 0.654. The van der Waals surface area contributed by atoms with E-state index in [1.807, 2.05) is 12.1 Å². The Labute approximate surface area is 197 Å². The zero-order chi connectivity index (χ0) is 22.6. The Kier molecular flexibility index (Phi) is 4.16. The van der Waals surface area contributed by atoms with Crippen molar-refractivity contribution in [1.82, 2.24) is 4.57 Å². The van der Waals surface area contributed by atoms with E-state index in [0.717, 1.165) is 52.0 Å². The first kappa shape index (κ1) is 19.2. The van der Waals surface area contributed by atoms with Crippen LogP contribution in [0, 0.1) is 11.3 Å².